The van der Waals surface area contributed by atoms with Gasteiger partial charge in [0.05, 0.1) is 6.04 Å². The molecule has 1 unspecified atom stereocenters. The molecule has 1 saturated heterocycles. The van der Waals surface area contributed by atoms with E-state index in [4.69, 9.17) is 0 Å². The smallest absolute Gasteiger partial charge is 0.272 e. The van der Waals surface area contributed by atoms with Gasteiger partial charge in [-0.15, -0.1) is 0 Å². The van der Waals surface area contributed by atoms with Crippen molar-refractivity contribution in [3.63, 3.8) is 0 Å². The van der Waals surface area contributed by atoms with Crippen molar-refractivity contribution >= 4 is 5.91 Å². The van der Waals surface area contributed by atoms with Gasteiger partial charge in [-0.25, -0.2) is 0 Å². The van der Waals surface area contributed by atoms with E-state index in [9.17, 15) is 4.79 Å². The first-order chi connectivity index (χ1) is 10.2. The maximum absolute atomic E-state index is 12.9. The lowest BCUT2D eigenvalue weighted by Gasteiger charge is -2.25. The molecular weight excluding hydrogens is 264 g/mol. The predicted molar refractivity (Wildman–Crippen MR) is 79.9 cm³/mol. The second-order valence-corrected chi connectivity index (χ2v) is 5.70. The van der Waals surface area contributed by atoms with Crippen molar-refractivity contribution in [1.29, 1.82) is 0 Å². The first-order valence-corrected chi connectivity index (χ1v) is 7.43. The number of carbonyl (C=O) groups excluding carboxylic acids is 1. The van der Waals surface area contributed by atoms with Gasteiger partial charge >= 0.3 is 0 Å². The molecule has 3 heterocycles. The first-order valence-electron chi connectivity index (χ1n) is 7.43. The molecule has 0 spiro atoms. The Bertz CT molecular complexity index is 620. The molecule has 0 radical (unpaired) electrons. The number of rotatable bonds is 3. The summed E-state index contributed by atoms with van der Waals surface area (Å²) in [4.78, 5) is 19.0. The minimum atomic E-state index is 0.0625. The highest BCUT2D eigenvalue weighted by Gasteiger charge is 2.32. The summed E-state index contributed by atoms with van der Waals surface area (Å²) in [5, 5.41) is 4.26. The van der Waals surface area contributed by atoms with Gasteiger partial charge in [-0.3, -0.25) is 14.5 Å². The Hall–Kier alpha value is -2.17. The number of hydrogen-bond acceptors (Lipinski definition) is 3. The van der Waals surface area contributed by atoms with Crippen molar-refractivity contribution in [2.75, 3.05) is 6.54 Å². The van der Waals surface area contributed by atoms with E-state index in [2.05, 4.69) is 10.1 Å². The standard InChI is InChI=1S/C16H20N4O/c1-12(2)20-15(7-9-18-20)16(21)19-10-4-6-14(19)13-5-3-8-17-11-13/h3,5,7-9,11-12,14H,4,6,10H2,1-2H3. The van der Waals surface area contributed by atoms with Crippen LogP contribution in [0.2, 0.25) is 0 Å². The third-order valence-corrected chi connectivity index (χ3v) is 3.96. The van der Waals surface area contributed by atoms with Crippen LogP contribution in [0.4, 0.5) is 0 Å². The lowest BCUT2D eigenvalue weighted by molar-refractivity contribution is 0.0720. The molecule has 1 atom stereocenters. The maximum atomic E-state index is 12.9. The summed E-state index contributed by atoms with van der Waals surface area (Å²) < 4.78 is 1.79. The zero-order valence-electron chi connectivity index (χ0n) is 12.4. The van der Waals surface area contributed by atoms with Crippen molar-refractivity contribution in [3.8, 4) is 0 Å². The van der Waals surface area contributed by atoms with Crippen LogP contribution in [-0.2, 0) is 0 Å². The molecule has 5 nitrogen and oxygen atoms in total. The molecule has 0 saturated carbocycles. The summed E-state index contributed by atoms with van der Waals surface area (Å²) in [6, 6.07) is 6.08. The van der Waals surface area contributed by atoms with E-state index in [1.807, 2.05) is 37.1 Å². The molecule has 0 aromatic carbocycles. The monoisotopic (exact) mass is 284 g/mol. The van der Waals surface area contributed by atoms with Gasteiger partial charge < -0.3 is 4.90 Å². The number of carbonyl (C=O) groups is 1. The summed E-state index contributed by atoms with van der Waals surface area (Å²) in [5.41, 5.74) is 1.78. The van der Waals surface area contributed by atoms with Crippen LogP contribution in [0.25, 0.3) is 0 Å². The Morgan fingerprint density at radius 2 is 2.19 bits per heavy atom. The highest BCUT2D eigenvalue weighted by Crippen LogP contribution is 2.32. The van der Waals surface area contributed by atoms with E-state index in [-0.39, 0.29) is 18.0 Å². The topological polar surface area (TPSA) is 51.0 Å². The van der Waals surface area contributed by atoms with Gasteiger partial charge in [0, 0.05) is 31.2 Å². The van der Waals surface area contributed by atoms with Crippen LogP contribution in [-0.4, -0.2) is 32.1 Å². The van der Waals surface area contributed by atoms with Crippen molar-refractivity contribution < 1.29 is 4.79 Å². The Balaban J connectivity index is 1.88. The first kappa shape index (κ1) is 13.8. The summed E-state index contributed by atoms with van der Waals surface area (Å²) in [6.45, 7) is 4.86. The van der Waals surface area contributed by atoms with Crippen molar-refractivity contribution in [1.82, 2.24) is 19.7 Å². The SMILES string of the molecule is CC(C)n1nccc1C(=O)N1CCCC1c1cccnc1. The fourth-order valence-corrected chi connectivity index (χ4v) is 2.97. The molecule has 21 heavy (non-hydrogen) atoms. The maximum Gasteiger partial charge on any atom is 0.272 e. The summed E-state index contributed by atoms with van der Waals surface area (Å²) in [5.74, 6) is 0.0625. The molecule has 2 aromatic heterocycles. The van der Waals surface area contributed by atoms with Crippen LogP contribution in [0.1, 0.15) is 54.8 Å². The summed E-state index contributed by atoms with van der Waals surface area (Å²) >= 11 is 0. The van der Waals surface area contributed by atoms with Gasteiger partial charge in [0.25, 0.3) is 5.91 Å². The molecule has 0 bridgehead atoms. The summed E-state index contributed by atoms with van der Waals surface area (Å²) in [6.07, 6.45) is 7.34. The Morgan fingerprint density at radius 1 is 1.33 bits per heavy atom. The molecular formula is C16H20N4O. The van der Waals surface area contributed by atoms with E-state index >= 15 is 0 Å². The molecule has 1 amide bonds. The normalized spacial score (nSPS) is 18.4. The number of amides is 1. The van der Waals surface area contributed by atoms with Gasteiger partial charge in [0.1, 0.15) is 5.69 Å². The van der Waals surface area contributed by atoms with Crippen LogP contribution < -0.4 is 0 Å². The van der Waals surface area contributed by atoms with Crippen molar-refractivity contribution in [2.24, 2.45) is 0 Å². The molecule has 1 fully saturated rings. The van der Waals surface area contributed by atoms with Crippen LogP contribution in [0, 0.1) is 0 Å². The molecule has 5 heteroatoms. The average molecular weight is 284 g/mol. The summed E-state index contributed by atoms with van der Waals surface area (Å²) in [7, 11) is 0. The van der Waals surface area contributed by atoms with Crippen molar-refractivity contribution in [2.45, 2.75) is 38.8 Å². The van der Waals surface area contributed by atoms with Gasteiger partial charge in [0.15, 0.2) is 0 Å². The number of nitrogens with zero attached hydrogens (tertiary/aromatic N) is 4. The molecule has 3 rings (SSSR count). The van der Waals surface area contributed by atoms with Crippen LogP contribution in [0.15, 0.2) is 36.8 Å². The average Bonchev–Trinajstić information content (AvgIpc) is 3.16. The second-order valence-electron chi connectivity index (χ2n) is 5.70. The zero-order chi connectivity index (χ0) is 14.8. The second kappa shape index (κ2) is 5.68. The van der Waals surface area contributed by atoms with E-state index in [1.165, 1.54) is 0 Å². The van der Waals surface area contributed by atoms with Gasteiger partial charge in [0.2, 0.25) is 0 Å². The lowest BCUT2D eigenvalue weighted by atomic mass is 10.1. The van der Waals surface area contributed by atoms with Gasteiger partial charge in [-0.1, -0.05) is 6.07 Å². The number of aromatic nitrogens is 3. The van der Waals surface area contributed by atoms with Crippen LogP contribution >= 0.6 is 0 Å². The number of hydrogen-bond donors (Lipinski definition) is 0. The largest absolute Gasteiger partial charge is 0.330 e. The van der Waals surface area contributed by atoms with Gasteiger partial charge in [-0.2, -0.15) is 5.10 Å². The third-order valence-electron chi connectivity index (χ3n) is 3.96. The molecule has 0 aliphatic carbocycles. The Morgan fingerprint density at radius 3 is 2.90 bits per heavy atom. The molecule has 2 aromatic rings. The van der Waals surface area contributed by atoms with Crippen LogP contribution in [0.3, 0.4) is 0 Å². The fraction of sp³-hybridized carbons (Fsp3) is 0.438. The van der Waals surface area contributed by atoms with E-state index in [0.29, 0.717) is 5.69 Å². The predicted octanol–water partition coefficient (Wildman–Crippen LogP) is 2.84. The Labute approximate surface area is 124 Å². The van der Waals surface area contributed by atoms with E-state index in [1.54, 1.807) is 23.1 Å². The minimum absolute atomic E-state index is 0.0625. The molecule has 1 aliphatic heterocycles. The molecule has 1 aliphatic rings. The van der Waals surface area contributed by atoms with E-state index in [0.717, 1.165) is 24.9 Å². The van der Waals surface area contributed by atoms with Gasteiger partial charge in [-0.05, 0) is 44.4 Å². The third kappa shape index (κ3) is 2.55. The molecule has 0 N–H and O–H groups in total. The van der Waals surface area contributed by atoms with Crippen LogP contribution in [0.5, 0.6) is 0 Å². The Kier molecular flexibility index (Phi) is 3.73. The number of pyridine rings is 1. The highest BCUT2D eigenvalue weighted by atomic mass is 16.2. The van der Waals surface area contributed by atoms with E-state index < -0.39 is 0 Å². The molecule has 110 valence electrons. The highest BCUT2D eigenvalue weighted by molar-refractivity contribution is 5.93. The number of likely N-dealkylation sites (tertiary alicyclic amines) is 1. The zero-order valence-corrected chi connectivity index (χ0v) is 12.4. The van der Waals surface area contributed by atoms with Crippen molar-refractivity contribution in [3.05, 3.63) is 48.0 Å². The lowest BCUT2D eigenvalue weighted by Crippen LogP contribution is -2.32. The quantitative estimate of drug-likeness (QED) is 0.871. The fourth-order valence-electron chi connectivity index (χ4n) is 2.97. The minimum Gasteiger partial charge on any atom is -0.330 e.